The largest absolute Gasteiger partial charge is 0.496 e. The van der Waals surface area contributed by atoms with E-state index in [0.717, 1.165) is 12.2 Å². The smallest absolute Gasteiger partial charge is 0.130 e. The summed E-state index contributed by atoms with van der Waals surface area (Å²) in [5.41, 5.74) is 6.21. The van der Waals surface area contributed by atoms with Gasteiger partial charge in [0.25, 0.3) is 0 Å². The van der Waals surface area contributed by atoms with Crippen LogP contribution in [0.25, 0.3) is 65.3 Å². The van der Waals surface area contributed by atoms with Crippen LogP contribution in [-0.4, -0.2) is 7.11 Å². The Morgan fingerprint density at radius 3 is 1.55 bits per heavy atom. The van der Waals surface area contributed by atoms with Gasteiger partial charge >= 0.3 is 0 Å². The molecular formula is C37H28O. The maximum atomic E-state index is 6.25. The number of ether oxygens (including phenoxy) is 1. The Kier molecular flexibility index (Phi) is 5.37. The minimum Gasteiger partial charge on any atom is -0.496 e. The average molecular weight is 489 g/mol. The lowest BCUT2D eigenvalue weighted by Gasteiger charge is -2.22. The lowest BCUT2D eigenvalue weighted by molar-refractivity contribution is 0.415. The molecule has 1 nitrogen and oxygen atoms in total. The molecule has 0 radical (unpaired) electrons. The minimum atomic E-state index is 0.907. The first-order chi connectivity index (χ1) is 18.8. The Hall–Kier alpha value is -4.62. The summed E-state index contributed by atoms with van der Waals surface area (Å²) >= 11 is 0. The molecule has 0 saturated carbocycles. The summed E-state index contributed by atoms with van der Waals surface area (Å²) in [6, 6.07) is 44.1. The number of rotatable bonds is 4. The van der Waals surface area contributed by atoms with E-state index in [-0.39, 0.29) is 0 Å². The van der Waals surface area contributed by atoms with Crippen LogP contribution in [0.4, 0.5) is 0 Å². The number of hydrogen-bond donors (Lipinski definition) is 0. The predicted octanol–water partition coefficient (Wildman–Crippen LogP) is 10.2. The van der Waals surface area contributed by atoms with Crippen molar-refractivity contribution in [2.45, 2.75) is 13.3 Å². The fraction of sp³-hybridized carbons (Fsp3) is 0.0811. The summed E-state index contributed by atoms with van der Waals surface area (Å²) in [6.07, 6.45) is 0.907. The Labute approximate surface area is 222 Å². The van der Waals surface area contributed by atoms with E-state index in [1.807, 2.05) is 7.11 Å². The standard InChI is InChI=1S/C37H28O/c1-3-24-22-23-33-34(29-20-10-14-25-12-4-6-16-27(25)29)31-18-8-9-19-32(31)35(36(33)37(24)38-2)30-21-11-15-26-13-5-7-17-28(26)30/h4-23H,3H2,1-2H3. The van der Waals surface area contributed by atoms with Gasteiger partial charge < -0.3 is 4.74 Å². The van der Waals surface area contributed by atoms with Gasteiger partial charge in [-0.25, -0.2) is 0 Å². The lowest BCUT2D eigenvalue weighted by Crippen LogP contribution is -1.97. The third-order valence-electron chi connectivity index (χ3n) is 7.93. The zero-order chi connectivity index (χ0) is 25.6. The maximum absolute atomic E-state index is 6.25. The van der Waals surface area contributed by atoms with Crippen LogP contribution in [0.15, 0.2) is 121 Å². The van der Waals surface area contributed by atoms with E-state index in [1.54, 1.807) is 0 Å². The van der Waals surface area contributed by atoms with Crippen molar-refractivity contribution in [2.75, 3.05) is 7.11 Å². The number of aryl methyl sites for hydroxylation is 1. The Bertz CT molecular complexity index is 1990. The molecule has 0 spiro atoms. The van der Waals surface area contributed by atoms with Crippen LogP contribution in [0.3, 0.4) is 0 Å². The molecule has 0 heterocycles. The molecule has 0 fully saturated rings. The quantitative estimate of drug-likeness (QED) is 0.224. The Morgan fingerprint density at radius 2 is 0.974 bits per heavy atom. The van der Waals surface area contributed by atoms with E-state index < -0.39 is 0 Å². The van der Waals surface area contributed by atoms with E-state index in [9.17, 15) is 0 Å². The highest BCUT2D eigenvalue weighted by Crippen LogP contribution is 2.50. The summed E-state index contributed by atoms with van der Waals surface area (Å²) in [7, 11) is 1.81. The molecule has 7 aromatic rings. The first-order valence-electron chi connectivity index (χ1n) is 13.3. The molecular weight excluding hydrogens is 460 g/mol. The van der Waals surface area contributed by atoms with Crippen LogP contribution in [0.2, 0.25) is 0 Å². The predicted molar refractivity (Wildman–Crippen MR) is 163 cm³/mol. The van der Waals surface area contributed by atoms with Crippen molar-refractivity contribution in [1.29, 1.82) is 0 Å². The zero-order valence-electron chi connectivity index (χ0n) is 21.7. The lowest BCUT2D eigenvalue weighted by atomic mass is 9.82. The minimum absolute atomic E-state index is 0.907. The highest BCUT2D eigenvalue weighted by molar-refractivity contribution is 6.26. The number of fused-ring (bicyclic) bond motifs is 4. The van der Waals surface area contributed by atoms with Crippen molar-refractivity contribution in [3.63, 3.8) is 0 Å². The van der Waals surface area contributed by atoms with E-state index in [0.29, 0.717) is 0 Å². The third-order valence-corrected chi connectivity index (χ3v) is 7.93. The molecule has 0 aromatic heterocycles. The highest BCUT2D eigenvalue weighted by atomic mass is 16.5. The van der Waals surface area contributed by atoms with Gasteiger partial charge in [0.05, 0.1) is 7.11 Å². The summed E-state index contributed by atoms with van der Waals surface area (Å²) in [5.74, 6) is 0.972. The first-order valence-corrected chi connectivity index (χ1v) is 13.3. The third kappa shape index (κ3) is 3.32. The SMILES string of the molecule is CCc1ccc2c(-c3cccc4ccccc34)c3ccccc3c(-c3cccc4ccccc34)c2c1OC. The van der Waals surface area contributed by atoms with Gasteiger partial charge in [-0.3, -0.25) is 0 Å². The number of methoxy groups -OCH3 is 1. The van der Waals surface area contributed by atoms with Crippen LogP contribution >= 0.6 is 0 Å². The van der Waals surface area contributed by atoms with Gasteiger partial charge in [0, 0.05) is 10.9 Å². The van der Waals surface area contributed by atoms with Gasteiger partial charge in [0.1, 0.15) is 5.75 Å². The molecule has 0 aliphatic heterocycles. The van der Waals surface area contributed by atoms with Gasteiger partial charge in [-0.2, -0.15) is 0 Å². The normalized spacial score (nSPS) is 11.5. The molecule has 182 valence electrons. The molecule has 7 rings (SSSR count). The van der Waals surface area contributed by atoms with Crippen LogP contribution in [-0.2, 0) is 6.42 Å². The molecule has 0 N–H and O–H groups in total. The number of hydrogen-bond acceptors (Lipinski definition) is 1. The van der Waals surface area contributed by atoms with Gasteiger partial charge in [-0.05, 0) is 66.4 Å². The summed E-state index contributed by atoms with van der Waals surface area (Å²) < 4.78 is 6.25. The summed E-state index contributed by atoms with van der Waals surface area (Å²) in [5, 5.41) is 9.91. The fourth-order valence-corrected chi connectivity index (χ4v) is 6.25. The topological polar surface area (TPSA) is 9.23 Å². The second-order valence-electron chi connectivity index (χ2n) is 9.88. The first kappa shape index (κ1) is 22.6. The monoisotopic (exact) mass is 488 g/mol. The molecule has 0 aliphatic carbocycles. The van der Waals surface area contributed by atoms with Crippen LogP contribution < -0.4 is 4.74 Å². The van der Waals surface area contributed by atoms with E-state index in [1.165, 1.54) is 70.9 Å². The summed E-state index contributed by atoms with van der Waals surface area (Å²) in [4.78, 5) is 0. The maximum Gasteiger partial charge on any atom is 0.130 e. The van der Waals surface area contributed by atoms with E-state index in [2.05, 4.69) is 128 Å². The second kappa shape index (κ2) is 9.04. The van der Waals surface area contributed by atoms with Crippen molar-refractivity contribution < 1.29 is 4.74 Å². The number of benzene rings is 7. The van der Waals surface area contributed by atoms with E-state index >= 15 is 0 Å². The summed E-state index contributed by atoms with van der Waals surface area (Å²) in [6.45, 7) is 2.20. The molecule has 0 amide bonds. The molecule has 0 unspecified atom stereocenters. The zero-order valence-corrected chi connectivity index (χ0v) is 21.7. The van der Waals surface area contributed by atoms with Gasteiger partial charge in [-0.1, -0.05) is 128 Å². The molecule has 7 aromatic carbocycles. The molecule has 0 bridgehead atoms. The molecule has 0 atom stereocenters. The van der Waals surface area contributed by atoms with Crippen LogP contribution in [0.5, 0.6) is 5.75 Å². The van der Waals surface area contributed by atoms with Crippen molar-refractivity contribution in [2.24, 2.45) is 0 Å². The van der Waals surface area contributed by atoms with Crippen LogP contribution in [0.1, 0.15) is 12.5 Å². The van der Waals surface area contributed by atoms with Gasteiger partial charge in [-0.15, -0.1) is 0 Å². The van der Waals surface area contributed by atoms with Gasteiger partial charge in [0.2, 0.25) is 0 Å². The van der Waals surface area contributed by atoms with E-state index in [4.69, 9.17) is 4.74 Å². The van der Waals surface area contributed by atoms with Crippen molar-refractivity contribution in [3.05, 3.63) is 127 Å². The Morgan fingerprint density at radius 1 is 0.474 bits per heavy atom. The molecule has 38 heavy (non-hydrogen) atoms. The Balaban J connectivity index is 1.76. The molecule has 0 aliphatic rings. The fourth-order valence-electron chi connectivity index (χ4n) is 6.25. The molecule has 1 heteroatoms. The average Bonchev–Trinajstić information content (AvgIpc) is 2.99. The van der Waals surface area contributed by atoms with Gasteiger partial charge in [0.15, 0.2) is 0 Å². The van der Waals surface area contributed by atoms with Crippen molar-refractivity contribution in [1.82, 2.24) is 0 Å². The molecule has 0 saturated heterocycles. The van der Waals surface area contributed by atoms with Crippen LogP contribution in [0, 0.1) is 0 Å². The van der Waals surface area contributed by atoms with Crippen molar-refractivity contribution >= 4 is 43.1 Å². The highest BCUT2D eigenvalue weighted by Gasteiger charge is 2.22. The second-order valence-corrected chi connectivity index (χ2v) is 9.88. The van der Waals surface area contributed by atoms with Crippen molar-refractivity contribution in [3.8, 4) is 28.0 Å².